The van der Waals surface area contributed by atoms with Gasteiger partial charge in [-0.2, -0.15) is 0 Å². The molecular formula is C16H25NO3. The molecule has 1 aromatic rings. The summed E-state index contributed by atoms with van der Waals surface area (Å²) in [4.78, 5) is 11.0. The molecule has 0 bridgehead atoms. The Morgan fingerprint density at radius 3 is 2.40 bits per heavy atom. The summed E-state index contributed by atoms with van der Waals surface area (Å²) < 4.78 is 5.76. The molecule has 4 nitrogen and oxygen atoms in total. The minimum atomic E-state index is -1.26. The second-order valence-electron chi connectivity index (χ2n) is 6.57. The molecule has 0 saturated heterocycles. The van der Waals surface area contributed by atoms with Gasteiger partial charge in [-0.25, -0.2) is 0 Å². The summed E-state index contributed by atoms with van der Waals surface area (Å²) in [5, 5.41) is 8.98. The molecule has 0 amide bonds. The number of rotatable bonds is 5. The van der Waals surface area contributed by atoms with E-state index in [1.54, 1.807) is 0 Å². The Balaban J connectivity index is 2.82. The minimum Gasteiger partial charge on any atom is -0.493 e. The zero-order chi connectivity index (χ0) is 15.6. The highest BCUT2D eigenvalue weighted by atomic mass is 16.5. The SMILES string of the molecule is Cc1ccc(OCCC(C)(N)C(=O)O)c(C(C)(C)C)c1. The van der Waals surface area contributed by atoms with Crippen LogP contribution in [0, 0.1) is 6.92 Å². The normalized spacial score (nSPS) is 14.7. The third kappa shape index (κ3) is 4.23. The highest BCUT2D eigenvalue weighted by molar-refractivity contribution is 5.77. The average molecular weight is 279 g/mol. The number of ether oxygens (including phenoxy) is 1. The van der Waals surface area contributed by atoms with Gasteiger partial charge in [0, 0.05) is 6.42 Å². The quantitative estimate of drug-likeness (QED) is 0.869. The van der Waals surface area contributed by atoms with Gasteiger partial charge in [0.05, 0.1) is 6.61 Å². The monoisotopic (exact) mass is 279 g/mol. The molecule has 1 atom stereocenters. The zero-order valence-electron chi connectivity index (χ0n) is 13.0. The first-order valence-electron chi connectivity index (χ1n) is 6.80. The smallest absolute Gasteiger partial charge is 0.323 e. The van der Waals surface area contributed by atoms with Crippen molar-refractivity contribution in [1.29, 1.82) is 0 Å². The van der Waals surface area contributed by atoms with E-state index in [-0.39, 0.29) is 18.4 Å². The largest absolute Gasteiger partial charge is 0.493 e. The standard InChI is InChI=1S/C16H25NO3/c1-11-6-7-13(12(10-11)15(2,3)4)20-9-8-16(5,17)14(18)19/h6-7,10H,8-9,17H2,1-5H3,(H,18,19). The van der Waals surface area contributed by atoms with Crippen molar-refractivity contribution in [2.45, 2.75) is 52.0 Å². The molecule has 3 N–H and O–H groups in total. The number of hydrogen-bond donors (Lipinski definition) is 2. The summed E-state index contributed by atoms with van der Waals surface area (Å²) in [5.74, 6) is -0.217. The molecule has 0 spiro atoms. The van der Waals surface area contributed by atoms with Crippen LogP contribution < -0.4 is 10.5 Å². The van der Waals surface area contributed by atoms with E-state index in [9.17, 15) is 4.79 Å². The lowest BCUT2D eigenvalue weighted by Gasteiger charge is -2.24. The zero-order valence-corrected chi connectivity index (χ0v) is 13.0. The summed E-state index contributed by atoms with van der Waals surface area (Å²) in [6, 6.07) is 6.03. The van der Waals surface area contributed by atoms with Crippen molar-refractivity contribution in [3.05, 3.63) is 29.3 Å². The highest BCUT2D eigenvalue weighted by Gasteiger charge is 2.28. The molecular weight excluding hydrogens is 254 g/mol. The number of nitrogens with two attached hydrogens (primary N) is 1. The molecule has 0 aliphatic carbocycles. The average Bonchev–Trinajstić information content (AvgIpc) is 2.29. The summed E-state index contributed by atoms with van der Waals surface area (Å²) in [5.41, 5.74) is 6.70. The molecule has 0 heterocycles. The maximum Gasteiger partial charge on any atom is 0.323 e. The predicted octanol–water partition coefficient (Wildman–Crippen LogP) is 2.86. The maximum absolute atomic E-state index is 11.0. The Labute approximate surface area is 120 Å². The first-order chi connectivity index (χ1) is 9.04. The van der Waals surface area contributed by atoms with Gasteiger partial charge in [-0.05, 0) is 30.9 Å². The van der Waals surface area contributed by atoms with Crippen molar-refractivity contribution in [1.82, 2.24) is 0 Å². The predicted molar refractivity (Wildman–Crippen MR) is 80.2 cm³/mol. The van der Waals surface area contributed by atoms with Gasteiger partial charge < -0.3 is 15.6 Å². The summed E-state index contributed by atoms with van der Waals surface area (Å²) in [6.07, 6.45) is 0.264. The van der Waals surface area contributed by atoms with Gasteiger partial charge >= 0.3 is 5.97 Å². The lowest BCUT2D eigenvalue weighted by atomic mass is 9.85. The van der Waals surface area contributed by atoms with Gasteiger partial charge in [-0.1, -0.05) is 38.5 Å². The van der Waals surface area contributed by atoms with E-state index in [2.05, 4.69) is 26.8 Å². The molecule has 0 saturated carbocycles. The molecule has 4 heteroatoms. The van der Waals surface area contributed by atoms with Crippen LogP contribution in [0.2, 0.25) is 0 Å². The maximum atomic E-state index is 11.0. The fourth-order valence-electron chi connectivity index (χ4n) is 1.84. The number of carbonyl (C=O) groups is 1. The third-order valence-corrected chi connectivity index (χ3v) is 3.31. The Kier molecular flexibility index (Phi) is 4.81. The number of hydrogen-bond acceptors (Lipinski definition) is 3. The van der Waals surface area contributed by atoms with E-state index < -0.39 is 11.5 Å². The molecule has 0 aliphatic heterocycles. The topological polar surface area (TPSA) is 72.5 Å². The van der Waals surface area contributed by atoms with Gasteiger partial charge in [0.15, 0.2) is 0 Å². The van der Waals surface area contributed by atoms with E-state index in [0.29, 0.717) is 0 Å². The van der Waals surface area contributed by atoms with Crippen molar-refractivity contribution in [2.75, 3.05) is 6.61 Å². The molecule has 0 aliphatic rings. The Bertz CT molecular complexity index is 487. The summed E-state index contributed by atoms with van der Waals surface area (Å²) in [6.45, 7) is 10.2. The van der Waals surface area contributed by atoms with Crippen LogP contribution >= 0.6 is 0 Å². The molecule has 1 unspecified atom stereocenters. The van der Waals surface area contributed by atoms with Crippen LogP contribution in [0.1, 0.15) is 45.2 Å². The molecule has 0 fully saturated rings. The number of aryl methyl sites for hydroxylation is 1. The lowest BCUT2D eigenvalue weighted by molar-refractivity contribution is -0.143. The Morgan fingerprint density at radius 1 is 1.30 bits per heavy atom. The third-order valence-electron chi connectivity index (χ3n) is 3.31. The Hall–Kier alpha value is -1.55. The number of carboxylic acid groups (broad SMARTS) is 1. The van der Waals surface area contributed by atoms with Crippen molar-refractivity contribution in [3.63, 3.8) is 0 Å². The second kappa shape index (κ2) is 5.83. The Morgan fingerprint density at radius 2 is 1.90 bits per heavy atom. The van der Waals surface area contributed by atoms with Crippen molar-refractivity contribution < 1.29 is 14.6 Å². The van der Waals surface area contributed by atoms with Crippen LogP contribution in [0.3, 0.4) is 0 Å². The fourth-order valence-corrected chi connectivity index (χ4v) is 1.84. The number of benzene rings is 1. The van der Waals surface area contributed by atoms with Gasteiger partial charge in [-0.15, -0.1) is 0 Å². The van der Waals surface area contributed by atoms with Crippen LogP contribution in [0.5, 0.6) is 5.75 Å². The van der Waals surface area contributed by atoms with Crippen LogP contribution in [0.15, 0.2) is 18.2 Å². The van der Waals surface area contributed by atoms with Crippen LogP contribution in [0.25, 0.3) is 0 Å². The number of aliphatic carboxylic acids is 1. The first-order valence-corrected chi connectivity index (χ1v) is 6.80. The van der Waals surface area contributed by atoms with E-state index in [0.717, 1.165) is 11.3 Å². The van der Waals surface area contributed by atoms with Gasteiger partial charge in [0.1, 0.15) is 11.3 Å². The van der Waals surface area contributed by atoms with Gasteiger partial charge in [0.2, 0.25) is 0 Å². The molecule has 0 radical (unpaired) electrons. The van der Waals surface area contributed by atoms with E-state index in [1.807, 2.05) is 19.1 Å². The van der Waals surface area contributed by atoms with Crippen LogP contribution in [0.4, 0.5) is 0 Å². The van der Waals surface area contributed by atoms with Gasteiger partial charge in [0.25, 0.3) is 0 Å². The van der Waals surface area contributed by atoms with Crippen molar-refractivity contribution >= 4 is 5.97 Å². The molecule has 1 aromatic carbocycles. The van der Waals surface area contributed by atoms with Gasteiger partial charge in [-0.3, -0.25) is 4.79 Å². The second-order valence-corrected chi connectivity index (χ2v) is 6.57. The fraction of sp³-hybridized carbons (Fsp3) is 0.562. The van der Waals surface area contributed by atoms with Crippen LogP contribution in [-0.4, -0.2) is 23.2 Å². The number of carboxylic acids is 1. The van der Waals surface area contributed by atoms with E-state index in [1.165, 1.54) is 12.5 Å². The highest BCUT2D eigenvalue weighted by Crippen LogP contribution is 2.32. The molecule has 0 aromatic heterocycles. The van der Waals surface area contributed by atoms with E-state index >= 15 is 0 Å². The van der Waals surface area contributed by atoms with E-state index in [4.69, 9.17) is 15.6 Å². The summed E-state index contributed by atoms with van der Waals surface area (Å²) >= 11 is 0. The van der Waals surface area contributed by atoms with Crippen molar-refractivity contribution in [3.8, 4) is 5.75 Å². The first kappa shape index (κ1) is 16.5. The van der Waals surface area contributed by atoms with Crippen LogP contribution in [-0.2, 0) is 10.2 Å². The lowest BCUT2D eigenvalue weighted by Crippen LogP contribution is -2.45. The van der Waals surface area contributed by atoms with Crippen molar-refractivity contribution in [2.24, 2.45) is 5.73 Å². The molecule has 20 heavy (non-hydrogen) atoms. The summed E-state index contributed by atoms with van der Waals surface area (Å²) in [7, 11) is 0. The molecule has 112 valence electrons. The molecule has 1 rings (SSSR count). The minimum absolute atomic E-state index is 0.0276.